The third-order valence-corrected chi connectivity index (χ3v) is 5.53. The number of nitrogens with zero attached hydrogens (tertiary/aromatic N) is 4. The second-order valence-corrected chi connectivity index (χ2v) is 7.55. The molecule has 0 atom stereocenters. The van der Waals surface area contributed by atoms with E-state index >= 15 is 0 Å². The molecule has 2 saturated heterocycles. The van der Waals surface area contributed by atoms with E-state index in [1.165, 1.54) is 0 Å². The quantitative estimate of drug-likeness (QED) is 0.745. The monoisotopic (exact) mass is 383 g/mol. The molecule has 0 aliphatic carbocycles. The van der Waals surface area contributed by atoms with Crippen LogP contribution in [0.4, 0.5) is 0 Å². The highest BCUT2D eigenvalue weighted by Gasteiger charge is 2.23. The standard InChI is InChI=1S/C20H25N5O3/c1-13-10-17-18(20(22-13)28-16-4-8-27-9-5-16)19(24-23-17)14-11-21-25(12-14)15-2-6-26-7-3-15/h10-12,15-16H,2-9H2,1H3,(H,23,24). The van der Waals surface area contributed by atoms with Crippen LogP contribution in [0.3, 0.4) is 0 Å². The lowest BCUT2D eigenvalue weighted by Gasteiger charge is -2.23. The van der Waals surface area contributed by atoms with E-state index in [0.717, 1.165) is 80.0 Å². The van der Waals surface area contributed by atoms with E-state index in [-0.39, 0.29) is 6.10 Å². The van der Waals surface area contributed by atoms with Crippen LogP contribution < -0.4 is 4.74 Å². The van der Waals surface area contributed by atoms with Gasteiger partial charge in [-0.3, -0.25) is 9.78 Å². The van der Waals surface area contributed by atoms with Gasteiger partial charge in [0.25, 0.3) is 0 Å². The van der Waals surface area contributed by atoms with Crippen molar-refractivity contribution in [3.63, 3.8) is 0 Å². The summed E-state index contributed by atoms with van der Waals surface area (Å²) >= 11 is 0. The second-order valence-electron chi connectivity index (χ2n) is 7.55. The average Bonchev–Trinajstić information content (AvgIpc) is 3.36. The Morgan fingerprint density at radius 3 is 2.64 bits per heavy atom. The Bertz CT molecular complexity index is 954. The number of rotatable bonds is 4. The molecule has 148 valence electrons. The maximum Gasteiger partial charge on any atom is 0.225 e. The Kier molecular flexibility index (Phi) is 4.74. The predicted molar refractivity (Wildman–Crippen MR) is 103 cm³/mol. The molecular formula is C20H25N5O3. The molecule has 0 radical (unpaired) electrons. The van der Waals surface area contributed by atoms with Crippen molar-refractivity contribution < 1.29 is 14.2 Å². The molecule has 0 unspecified atom stereocenters. The molecule has 2 fully saturated rings. The van der Waals surface area contributed by atoms with Gasteiger partial charge in [-0.15, -0.1) is 0 Å². The molecule has 5 heterocycles. The fourth-order valence-corrected chi connectivity index (χ4v) is 3.99. The molecule has 8 nitrogen and oxygen atoms in total. The van der Waals surface area contributed by atoms with Crippen molar-refractivity contribution in [3.05, 3.63) is 24.2 Å². The highest BCUT2D eigenvalue weighted by molar-refractivity contribution is 5.96. The molecule has 0 aromatic carbocycles. The van der Waals surface area contributed by atoms with Gasteiger partial charge in [0.2, 0.25) is 5.88 Å². The molecule has 2 aliphatic heterocycles. The SMILES string of the molecule is Cc1cc2[nH]nc(-c3cnn(C4CCOCC4)c3)c2c(OC2CCOCC2)n1. The zero-order valence-corrected chi connectivity index (χ0v) is 16.1. The molecule has 3 aromatic heterocycles. The van der Waals surface area contributed by atoms with Crippen molar-refractivity contribution in [2.75, 3.05) is 26.4 Å². The van der Waals surface area contributed by atoms with Crippen LogP contribution in [-0.2, 0) is 9.47 Å². The van der Waals surface area contributed by atoms with E-state index in [2.05, 4.69) is 26.5 Å². The second kappa shape index (κ2) is 7.52. The number of nitrogens with one attached hydrogen (secondary N) is 1. The fourth-order valence-electron chi connectivity index (χ4n) is 3.99. The third-order valence-electron chi connectivity index (χ3n) is 5.53. The fraction of sp³-hybridized carbons (Fsp3) is 0.550. The number of pyridine rings is 1. The Morgan fingerprint density at radius 1 is 1.11 bits per heavy atom. The molecule has 0 spiro atoms. The van der Waals surface area contributed by atoms with E-state index in [0.29, 0.717) is 11.9 Å². The van der Waals surface area contributed by atoms with Gasteiger partial charge in [-0.1, -0.05) is 0 Å². The first-order valence-electron chi connectivity index (χ1n) is 10.0. The summed E-state index contributed by atoms with van der Waals surface area (Å²) in [7, 11) is 0. The van der Waals surface area contributed by atoms with Crippen molar-refractivity contribution in [1.82, 2.24) is 25.0 Å². The Balaban J connectivity index is 1.50. The lowest BCUT2D eigenvalue weighted by Crippen LogP contribution is -2.26. The first-order valence-corrected chi connectivity index (χ1v) is 10.0. The average molecular weight is 383 g/mol. The molecule has 0 saturated carbocycles. The van der Waals surface area contributed by atoms with Crippen molar-refractivity contribution >= 4 is 10.9 Å². The first kappa shape index (κ1) is 17.6. The van der Waals surface area contributed by atoms with Gasteiger partial charge in [0.1, 0.15) is 11.8 Å². The topological polar surface area (TPSA) is 87.1 Å². The van der Waals surface area contributed by atoms with Crippen molar-refractivity contribution in [3.8, 4) is 17.1 Å². The molecule has 28 heavy (non-hydrogen) atoms. The van der Waals surface area contributed by atoms with Crippen LogP contribution in [0.25, 0.3) is 22.2 Å². The summed E-state index contributed by atoms with van der Waals surface area (Å²) in [6, 6.07) is 2.39. The maximum atomic E-state index is 6.30. The third kappa shape index (κ3) is 3.38. The van der Waals surface area contributed by atoms with Crippen LogP contribution in [0.2, 0.25) is 0 Å². The Labute approximate surface area is 163 Å². The van der Waals surface area contributed by atoms with Crippen molar-refractivity contribution in [2.24, 2.45) is 0 Å². The number of hydrogen-bond acceptors (Lipinski definition) is 6. The van der Waals surface area contributed by atoms with Gasteiger partial charge in [0, 0.05) is 43.5 Å². The molecule has 8 heteroatoms. The Morgan fingerprint density at radius 2 is 1.86 bits per heavy atom. The summed E-state index contributed by atoms with van der Waals surface area (Å²) < 4.78 is 19.3. The van der Waals surface area contributed by atoms with Crippen molar-refractivity contribution in [2.45, 2.75) is 44.8 Å². The number of H-pyrrole nitrogens is 1. The largest absolute Gasteiger partial charge is 0.474 e. The molecule has 3 aromatic rings. The molecule has 5 rings (SSSR count). The normalized spacial score (nSPS) is 19.3. The highest BCUT2D eigenvalue weighted by Crippen LogP contribution is 2.34. The minimum atomic E-state index is 0.124. The lowest BCUT2D eigenvalue weighted by atomic mass is 10.1. The number of aromatic nitrogens is 5. The number of hydrogen-bond donors (Lipinski definition) is 1. The van der Waals surface area contributed by atoms with E-state index < -0.39 is 0 Å². The minimum absolute atomic E-state index is 0.124. The molecule has 2 aliphatic rings. The van der Waals surface area contributed by atoms with Gasteiger partial charge >= 0.3 is 0 Å². The summed E-state index contributed by atoms with van der Waals surface area (Å²) in [6.07, 6.45) is 7.81. The molecule has 0 amide bonds. The van der Waals surface area contributed by atoms with Crippen molar-refractivity contribution in [1.29, 1.82) is 0 Å². The van der Waals surface area contributed by atoms with E-state index in [1.807, 2.05) is 23.9 Å². The molecule has 0 bridgehead atoms. The summed E-state index contributed by atoms with van der Waals surface area (Å²) in [6.45, 7) is 5.01. The number of aryl methyl sites for hydroxylation is 1. The van der Waals surface area contributed by atoms with Crippen LogP contribution in [0.5, 0.6) is 5.88 Å². The molecular weight excluding hydrogens is 358 g/mol. The van der Waals surface area contributed by atoms with Gasteiger partial charge in [-0.05, 0) is 25.8 Å². The van der Waals surface area contributed by atoms with E-state index in [9.17, 15) is 0 Å². The van der Waals surface area contributed by atoms with Gasteiger partial charge in [-0.25, -0.2) is 4.98 Å². The Hall–Kier alpha value is -2.45. The number of aromatic amines is 1. The van der Waals surface area contributed by atoms with Crippen LogP contribution >= 0.6 is 0 Å². The van der Waals surface area contributed by atoms with E-state index in [4.69, 9.17) is 14.2 Å². The summed E-state index contributed by atoms with van der Waals surface area (Å²) in [4.78, 5) is 4.68. The van der Waals surface area contributed by atoms with Gasteiger partial charge in [0.05, 0.1) is 36.4 Å². The minimum Gasteiger partial charge on any atom is -0.474 e. The molecule has 1 N–H and O–H groups in total. The summed E-state index contributed by atoms with van der Waals surface area (Å²) in [5, 5.41) is 13.2. The van der Waals surface area contributed by atoms with Crippen LogP contribution in [0.1, 0.15) is 37.4 Å². The number of fused-ring (bicyclic) bond motifs is 1. The smallest absolute Gasteiger partial charge is 0.225 e. The van der Waals surface area contributed by atoms with Crippen LogP contribution in [0.15, 0.2) is 18.5 Å². The van der Waals surface area contributed by atoms with Gasteiger partial charge in [0.15, 0.2) is 0 Å². The van der Waals surface area contributed by atoms with Crippen LogP contribution in [-0.4, -0.2) is 57.5 Å². The maximum absolute atomic E-state index is 6.30. The lowest BCUT2D eigenvalue weighted by molar-refractivity contribution is 0.0244. The zero-order valence-electron chi connectivity index (χ0n) is 16.1. The highest BCUT2D eigenvalue weighted by atomic mass is 16.5. The summed E-state index contributed by atoms with van der Waals surface area (Å²) in [5.74, 6) is 0.643. The van der Waals surface area contributed by atoms with Crippen LogP contribution in [0, 0.1) is 6.92 Å². The van der Waals surface area contributed by atoms with E-state index in [1.54, 1.807) is 0 Å². The van der Waals surface area contributed by atoms with Gasteiger partial charge < -0.3 is 14.2 Å². The number of ether oxygens (including phenoxy) is 3. The van der Waals surface area contributed by atoms with Gasteiger partial charge in [-0.2, -0.15) is 10.2 Å². The summed E-state index contributed by atoms with van der Waals surface area (Å²) in [5.41, 5.74) is 3.65. The first-order chi connectivity index (χ1) is 13.8. The predicted octanol–water partition coefficient (Wildman–Crippen LogP) is 3.04. The zero-order chi connectivity index (χ0) is 18.9.